The van der Waals surface area contributed by atoms with Crippen LogP contribution in [-0.2, 0) is 6.54 Å². The van der Waals surface area contributed by atoms with Gasteiger partial charge in [-0.25, -0.2) is 13.8 Å². The molecule has 2 heterocycles. The molecule has 1 aromatic heterocycles. The summed E-state index contributed by atoms with van der Waals surface area (Å²) >= 11 is 0. The van der Waals surface area contributed by atoms with Crippen LogP contribution in [-0.4, -0.2) is 34.6 Å². The van der Waals surface area contributed by atoms with Crippen molar-refractivity contribution in [3.05, 3.63) is 53.6 Å². The van der Waals surface area contributed by atoms with Crippen LogP contribution in [0, 0.1) is 17.6 Å². The highest BCUT2D eigenvalue weighted by atomic mass is 19.1. The van der Waals surface area contributed by atoms with Gasteiger partial charge in [0, 0.05) is 12.1 Å². The molecule has 0 atom stereocenters. The van der Waals surface area contributed by atoms with Gasteiger partial charge in [0.05, 0.1) is 17.5 Å². The van der Waals surface area contributed by atoms with E-state index in [1.54, 1.807) is 0 Å². The minimum atomic E-state index is -0.494. The van der Waals surface area contributed by atoms with E-state index >= 15 is 0 Å². The Morgan fingerprint density at radius 1 is 1.00 bits per heavy atom. The maximum atomic E-state index is 13.9. The second kappa shape index (κ2) is 8.16. The molecule has 1 aliphatic rings. The number of benzene rings is 2. The van der Waals surface area contributed by atoms with E-state index < -0.39 is 11.6 Å². The molecule has 4 N–H and O–H groups in total. The summed E-state index contributed by atoms with van der Waals surface area (Å²) in [5.41, 5.74) is 12.4. The van der Waals surface area contributed by atoms with E-state index in [-0.39, 0.29) is 18.1 Å². The van der Waals surface area contributed by atoms with Crippen molar-refractivity contribution in [2.45, 2.75) is 19.4 Å². The van der Waals surface area contributed by atoms with Crippen LogP contribution in [0.4, 0.5) is 20.5 Å². The van der Waals surface area contributed by atoms with E-state index in [1.165, 1.54) is 18.2 Å². The van der Waals surface area contributed by atoms with Crippen LogP contribution < -0.4 is 16.2 Å². The zero-order chi connectivity index (χ0) is 20.4. The van der Waals surface area contributed by atoms with Gasteiger partial charge in [-0.3, -0.25) is 4.90 Å². The summed E-state index contributed by atoms with van der Waals surface area (Å²) in [4.78, 5) is 10.3. The minimum Gasteiger partial charge on any atom is -0.492 e. The molecule has 0 amide bonds. The van der Waals surface area contributed by atoms with Gasteiger partial charge in [-0.15, -0.1) is 0 Å². The number of hydrogen-bond acceptors (Lipinski definition) is 6. The van der Waals surface area contributed by atoms with Crippen LogP contribution in [0.1, 0.15) is 18.4 Å². The molecule has 0 spiro atoms. The Labute approximate surface area is 167 Å². The molecule has 0 bridgehead atoms. The molecule has 1 aliphatic heterocycles. The third kappa shape index (κ3) is 4.22. The predicted octanol–water partition coefficient (Wildman–Crippen LogP) is 3.36. The molecule has 1 saturated heterocycles. The standard InChI is InChI=1S/C21H23F2N5O/c22-15-3-1-4-16(23)14(15)11-28-9-7-13(8-10-28)12-29-18-6-2-5-17-19(18)20(24)27-21(25)26-17/h1-6,13H,7-12H2,(H4,24,25,26,27). The maximum Gasteiger partial charge on any atom is 0.222 e. The Balaban J connectivity index is 1.36. The molecule has 0 unspecified atom stereocenters. The third-order valence-corrected chi connectivity index (χ3v) is 5.36. The normalized spacial score (nSPS) is 15.7. The number of rotatable bonds is 5. The van der Waals surface area contributed by atoms with Crippen LogP contribution >= 0.6 is 0 Å². The van der Waals surface area contributed by atoms with Crippen molar-refractivity contribution < 1.29 is 13.5 Å². The van der Waals surface area contributed by atoms with Gasteiger partial charge in [-0.05, 0) is 56.1 Å². The third-order valence-electron chi connectivity index (χ3n) is 5.36. The SMILES string of the molecule is Nc1nc(N)c2c(OCC3CCN(Cc4c(F)cccc4F)CC3)cccc2n1. The first-order valence-corrected chi connectivity index (χ1v) is 9.61. The van der Waals surface area contributed by atoms with E-state index in [1.807, 2.05) is 18.2 Å². The fourth-order valence-electron chi connectivity index (χ4n) is 3.74. The van der Waals surface area contributed by atoms with Gasteiger partial charge in [-0.1, -0.05) is 12.1 Å². The molecular weight excluding hydrogens is 376 g/mol. The van der Waals surface area contributed by atoms with E-state index in [4.69, 9.17) is 16.2 Å². The monoisotopic (exact) mass is 399 g/mol. The number of nitrogen functional groups attached to an aromatic ring is 2. The number of nitrogens with zero attached hydrogens (tertiary/aromatic N) is 3. The molecule has 2 aromatic carbocycles. The first-order valence-electron chi connectivity index (χ1n) is 9.61. The molecule has 0 aliphatic carbocycles. The number of halogens is 2. The Morgan fingerprint density at radius 2 is 1.69 bits per heavy atom. The predicted molar refractivity (Wildman–Crippen MR) is 108 cm³/mol. The Hall–Kier alpha value is -3.00. The second-order valence-electron chi connectivity index (χ2n) is 7.35. The number of anilines is 2. The van der Waals surface area contributed by atoms with Crippen molar-refractivity contribution in [3.8, 4) is 5.75 Å². The summed E-state index contributed by atoms with van der Waals surface area (Å²) in [6, 6.07) is 9.48. The highest BCUT2D eigenvalue weighted by Gasteiger charge is 2.22. The van der Waals surface area contributed by atoms with Gasteiger partial charge in [0.25, 0.3) is 0 Å². The van der Waals surface area contributed by atoms with E-state index in [2.05, 4.69) is 14.9 Å². The highest BCUT2D eigenvalue weighted by molar-refractivity contribution is 5.94. The summed E-state index contributed by atoms with van der Waals surface area (Å²) in [6.45, 7) is 2.34. The number of likely N-dealkylation sites (tertiary alicyclic amines) is 1. The Morgan fingerprint density at radius 3 is 2.41 bits per heavy atom. The first kappa shape index (κ1) is 19.3. The van der Waals surface area contributed by atoms with Crippen LogP contribution in [0.5, 0.6) is 5.75 Å². The lowest BCUT2D eigenvalue weighted by atomic mass is 9.97. The van der Waals surface area contributed by atoms with Crippen molar-refractivity contribution >= 4 is 22.7 Å². The van der Waals surface area contributed by atoms with Gasteiger partial charge >= 0.3 is 0 Å². The van der Waals surface area contributed by atoms with Crippen LogP contribution in [0.3, 0.4) is 0 Å². The summed E-state index contributed by atoms with van der Waals surface area (Å²) in [5, 5.41) is 0.661. The quantitative estimate of drug-likeness (QED) is 0.684. The van der Waals surface area contributed by atoms with Crippen LogP contribution in [0.15, 0.2) is 36.4 Å². The average molecular weight is 399 g/mol. The zero-order valence-electron chi connectivity index (χ0n) is 15.9. The van der Waals surface area contributed by atoms with Crippen molar-refractivity contribution in [1.29, 1.82) is 0 Å². The zero-order valence-corrected chi connectivity index (χ0v) is 15.9. The number of ether oxygens (including phenoxy) is 1. The van der Waals surface area contributed by atoms with Gasteiger partial charge in [0.2, 0.25) is 5.95 Å². The number of fused-ring (bicyclic) bond motifs is 1. The molecule has 1 fully saturated rings. The minimum absolute atomic E-state index is 0.130. The van der Waals surface area contributed by atoms with Crippen molar-refractivity contribution in [1.82, 2.24) is 14.9 Å². The summed E-state index contributed by atoms with van der Waals surface area (Å²) in [5.74, 6) is 0.424. The molecule has 29 heavy (non-hydrogen) atoms. The number of aromatic nitrogens is 2. The molecule has 0 radical (unpaired) electrons. The Kier molecular flexibility index (Phi) is 5.44. The summed E-state index contributed by atoms with van der Waals surface area (Å²) < 4.78 is 33.8. The fourth-order valence-corrected chi connectivity index (χ4v) is 3.74. The van der Waals surface area contributed by atoms with Crippen molar-refractivity contribution in [2.75, 3.05) is 31.2 Å². The van der Waals surface area contributed by atoms with E-state index in [9.17, 15) is 8.78 Å². The van der Waals surface area contributed by atoms with Gasteiger partial charge < -0.3 is 16.2 Å². The van der Waals surface area contributed by atoms with E-state index in [0.717, 1.165) is 25.9 Å². The number of hydrogen-bond donors (Lipinski definition) is 2. The molecule has 0 saturated carbocycles. The molecule has 3 aromatic rings. The molecule has 8 heteroatoms. The van der Waals surface area contributed by atoms with Crippen LogP contribution in [0.2, 0.25) is 0 Å². The molecule has 6 nitrogen and oxygen atoms in total. The smallest absolute Gasteiger partial charge is 0.222 e. The first-order chi connectivity index (χ1) is 14.0. The van der Waals surface area contributed by atoms with Gasteiger partial charge in [0.15, 0.2) is 0 Å². The summed E-state index contributed by atoms with van der Waals surface area (Å²) in [7, 11) is 0. The van der Waals surface area contributed by atoms with Crippen molar-refractivity contribution in [3.63, 3.8) is 0 Å². The molecule has 152 valence electrons. The maximum absolute atomic E-state index is 13.9. The topological polar surface area (TPSA) is 90.3 Å². The lowest BCUT2D eigenvalue weighted by molar-refractivity contribution is 0.135. The van der Waals surface area contributed by atoms with Crippen molar-refractivity contribution in [2.24, 2.45) is 5.92 Å². The lowest BCUT2D eigenvalue weighted by Crippen LogP contribution is -2.35. The highest BCUT2D eigenvalue weighted by Crippen LogP contribution is 2.30. The van der Waals surface area contributed by atoms with E-state index in [0.29, 0.717) is 35.0 Å². The molecule has 4 rings (SSSR count). The number of piperidine rings is 1. The fraction of sp³-hybridized carbons (Fsp3) is 0.333. The Bertz CT molecular complexity index is 1000. The lowest BCUT2D eigenvalue weighted by Gasteiger charge is -2.32. The second-order valence-corrected chi connectivity index (χ2v) is 7.35. The average Bonchev–Trinajstić information content (AvgIpc) is 2.70. The number of nitrogens with two attached hydrogens (primary N) is 2. The van der Waals surface area contributed by atoms with Gasteiger partial charge in [0.1, 0.15) is 23.2 Å². The van der Waals surface area contributed by atoms with Gasteiger partial charge in [-0.2, -0.15) is 4.98 Å². The summed E-state index contributed by atoms with van der Waals surface area (Å²) in [6.07, 6.45) is 1.78. The largest absolute Gasteiger partial charge is 0.492 e. The van der Waals surface area contributed by atoms with Crippen LogP contribution in [0.25, 0.3) is 10.9 Å². The molecular formula is C21H23F2N5O.